The van der Waals surface area contributed by atoms with Crippen molar-refractivity contribution in [2.75, 3.05) is 39.3 Å². The van der Waals surface area contributed by atoms with Gasteiger partial charge < -0.3 is 24.6 Å². The Hall–Kier alpha value is -3.02. The Kier molecular flexibility index (Phi) is 9.97. The molecule has 2 heterocycles. The van der Waals surface area contributed by atoms with Crippen LogP contribution >= 0.6 is 0 Å². The number of likely N-dealkylation sites (tertiary alicyclic amines) is 2. The van der Waals surface area contributed by atoms with Crippen molar-refractivity contribution >= 4 is 23.9 Å². The number of carbonyl (C=O) groups excluding carboxylic acids is 4. The number of amides is 3. The lowest BCUT2D eigenvalue weighted by atomic mass is 9.96. The van der Waals surface area contributed by atoms with Crippen molar-refractivity contribution in [3.8, 4) is 12.3 Å². The fourth-order valence-electron chi connectivity index (χ4n) is 3.85. The molecule has 2 rings (SSSR count). The van der Waals surface area contributed by atoms with Gasteiger partial charge in [0.05, 0.1) is 12.5 Å². The topological polar surface area (TPSA) is 105 Å². The normalized spacial score (nSPS) is 19.7. The lowest BCUT2D eigenvalue weighted by Crippen LogP contribution is -2.51. The first kappa shape index (κ1) is 27.2. The van der Waals surface area contributed by atoms with Crippen molar-refractivity contribution in [3.63, 3.8) is 0 Å². The lowest BCUT2D eigenvalue weighted by molar-refractivity contribution is -0.145. The van der Waals surface area contributed by atoms with Gasteiger partial charge in [0.25, 0.3) is 0 Å². The van der Waals surface area contributed by atoms with E-state index in [0.717, 1.165) is 6.42 Å². The van der Waals surface area contributed by atoms with E-state index in [1.165, 1.54) is 0 Å². The molecule has 188 valence electrons. The van der Waals surface area contributed by atoms with E-state index in [9.17, 15) is 19.2 Å². The maximum atomic E-state index is 12.6. The van der Waals surface area contributed by atoms with Crippen LogP contribution in [-0.2, 0) is 23.9 Å². The Balaban J connectivity index is 1.73. The second-order valence-electron chi connectivity index (χ2n) is 9.73. The summed E-state index contributed by atoms with van der Waals surface area (Å²) < 4.78 is 10.2. The van der Waals surface area contributed by atoms with Gasteiger partial charge in [0.1, 0.15) is 11.5 Å². The first-order chi connectivity index (χ1) is 16.0. The molecule has 2 aliphatic rings. The van der Waals surface area contributed by atoms with Crippen LogP contribution in [0.3, 0.4) is 0 Å². The largest absolute Gasteiger partial charge is 0.465 e. The van der Waals surface area contributed by atoms with Gasteiger partial charge in [0.15, 0.2) is 0 Å². The molecule has 2 fully saturated rings. The van der Waals surface area contributed by atoms with E-state index >= 15 is 0 Å². The third-order valence-electron chi connectivity index (χ3n) is 5.70. The van der Waals surface area contributed by atoms with Crippen molar-refractivity contribution in [3.05, 3.63) is 12.2 Å². The summed E-state index contributed by atoms with van der Waals surface area (Å²) in [5.74, 6) is 0.591. The Morgan fingerprint density at radius 3 is 2.50 bits per heavy atom. The van der Waals surface area contributed by atoms with Crippen LogP contribution in [0, 0.1) is 30.1 Å². The molecule has 0 unspecified atom stereocenters. The number of piperidine rings is 1. The van der Waals surface area contributed by atoms with Crippen LogP contribution in [-0.4, -0.2) is 78.6 Å². The lowest BCUT2D eigenvalue weighted by Gasteiger charge is -2.39. The molecule has 0 bridgehead atoms. The van der Waals surface area contributed by atoms with Crippen LogP contribution in [0.5, 0.6) is 0 Å². The van der Waals surface area contributed by atoms with Crippen LogP contribution in [0.2, 0.25) is 0 Å². The highest BCUT2D eigenvalue weighted by Crippen LogP contribution is 2.23. The summed E-state index contributed by atoms with van der Waals surface area (Å²) in [6, 6.07) is 0. The Labute approximate surface area is 202 Å². The molecular formula is C25H37N3O6. The molecule has 0 aromatic rings. The van der Waals surface area contributed by atoms with Gasteiger partial charge in [-0.15, -0.1) is 6.42 Å². The summed E-state index contributed by atoms with van der Waals surface area (Å²) in [4.78, 5) is 52.2. The second-order valence-corrected chi connectivity index (χ2v) is 9.73. The minimum Gasteiger partial charge on any atom is -0.465 e. The molecule has 9 heteroatoms. The fraction of sp³-hybridized carbons (Fsp3) is 0.680. The van der Waals surface area contributed by atoms with Crippen molar-refractivity contribution in [2.45, 2.75) is 52.6 Å². The minimum atomic E-state index is -0.828. The minimum absolute atomic E-state index is 0.0141. The summed E-state index contributed by atoms with van der Waals surface area (Å²) in [5, 5.41) is 2.72. The highest BCUT2D eigenvalue weighted by molar-refractivity contribution is 5.88. The Morgan fingerprint density at radius 2 is 1.88 bits per heavy atom. The predicted octanol–water partition coefficient (Wildman–Crippen LogP) is 1.97. The molecule has 0 saturated carbocycles. The molecule has 2 atom stereocenters. The highest BCUT2D eigenvalue weighted by atomic mass is 16.6. The van der Waals surface area contributed by atoms with E-state index in [-0.39, 0.29) is 37.0 Å². The van der Waals surface area contributed by atoms with Crippen LogP contribution in [0.15, 0.2) is 12.2 Å². The number of nitrogens with one attached hydrogen (secondary N) is 1. The molecule has 34 heavy (non-hydrogen) atoms. The van der Waals surface area contributed by atoms with Gasteiger partial charge in [0.2, 0.25) is 11.8 Å². The van der Waals surface area contributed by atoms with Crippen LogP contribution in [0.4, 0.5) is 4.79 Å². The summed E-state index contributed by atoms with van der Waals surface area (Å²) in [6.45, 7) is 9.59. The van der Waals surface area contributed by atoms with Gasteiger partial charge in [-0.05, 0) is 59.0 Å². The zero-order valence-electron chi connectivity index (χ0n) is 20.7. The molecule has 2 aliphatic heterocycles. The third kappa shape index (κ3) is 8.40. The Bertz CT molecular complexity index is 819. The second kappa shape index (κ2) is 12.4. The molecule has 1 N–H and O–H groups in total. The van der Waals surface area contributed by atoms with Gasteiger partial charge in [-0.25, -0.2) is 4.79 Å². The number of esters is 1. The maximum absolute atomic E-state index is 12.6. The third-order valence-corrected chi connectivity index (χ3v) is 5.70. The Morgan fingerprint density at radius 1 is 1.18 bits per heavy atom. The van der Waals surface area contributed by atoms with Crippen molar-refractivity contribution in [1.29, 1.82) is 0 Å². The number of ether oxygens (including phenoxy) is 2. The smallest absolute Gasteiger partial charge is 0.410 e. The number of nitrogens with zero attached hydrogens (tertiary/aromatic N) is 2. The van der Waals surface area contributed by atoms with Crippen molar-refractivity contribution in [1.82, 2.24) is 15.1 Å². The molecular weight excluding hydrogens is 438 g/mol. The first-order valence-electron chi connectivity index (χ1n) is 11.9. The fourth-order valence-corrected chi connectivity index (χ4v) is 3.85. The van der Waals surface area contributed by atoms with Gasteiger partial charge >= 0.3 is 12.1 Å². The van der Waals surface area contributed by atoms with Crippen LogP contribution in [0.25, 0.3) is 0 Å². The summed E-state index contributed by atoms with van der Waals surface area (Å²) in [7, 11) is 0. The predicted molar refractivity (Wildman–Crippen MR) is 126 cm³/mol. The monoisotopic (exact) mass is 475 g/mol. The van der Waals surface area contributed by atoms with E-state index in [4.69, 9.17) is 15.9 Å². The van der Waals surface area contributed by atoms with E-state index < -0.39 is 17.5 Å². The van der Waals surface area contributed by atoms with Crippen molar-refractivity contribution in [2.24, 2.45) is 17.8 Å². The standard InChI is InChI=1S/C25H37N3O6/c1-6-19(23(31)33-7-2)14-26-22(30)20-11-9-13-27(17-20)21(29)12-8-10-18-15-28(16-18)24(32)34-25(3,4)5/h1,8,12,18-20H,7,9-11,13-17H2,2-5H3,(H,26,30)/b12-8+/t19-,20+/m0/s1. The zero-order chi connectivity index (χ0) is 25.3. The molecule has 0 aromatic heterocycles. The molecule has 0 aliphatic carbocycles. The molecule has 0 aromatic carbocycles. The molecule has 0 radical (unpaired) electrons. The summed E-state index contributed by atoms with van der Waals surface area (Å²) >= 11 is 0. The molecule has 2 saturated heterocycles. The van der Waals surface area contributed by atoms with Gasteiger partial charge in [-0.2, -0.15) is 0 Å². The molecule has 9 nitrogen and oxygen atoms in total. The van der Waals surface area contributed by atoms with E-state index in [2.05, 4.69) is 11.2 Å². The van der Waals surface area contributed by atoms with Crippen LogP contribution in [0.1, 0.15) is 47.0 Å². The maximum Gasteiger partial charge on any atom is 0.410 e. The van der Waals surface area contributed by atoms with Crippen molar-refractivity contribution < 1.29 is 28.7 Å². The SMILES string of the molecule is C#C[C@@H](CNC(=O)[C@@H]1CCCN(C(=O)/C=C/CC2CN(C(=O)OC(C)(C)C)C2)C1)C(=O)OCC. The number of allylic oxidation sites excluding steroid dienone is 1. The summed E-state index contributed by atoms with van der Waals surface area (Å²) in [6.07, 6.45) is 10.5. The van der Waals surface area contributed by atoms with E-state index in [1.54, 1.807) is 22.8 Å². The van der Waals surface area contributed by atoms with E-state index in [1.807, 2.05) is 26.8 Å². The zero-order valence-corrected chi connectivity index (χ0v) is 20.7. The van der Waals surface area contributed by atoms with E-state index in [0.29, 0.717) is 44.9 Å². The highest BCUT2D eigenvalue weighted by Gasteiger charge is 2.33. The van der Waals surface area contributed by atoms with Crippen LogP contribution < -0.4 is 5.32 Å². The summed E-state index contributed by atoms with van der Waals surface area (Å²) in [5.41, 5.74) is -0.512. The molecule has 3 amide bonds. The average molecular weight is 476 g/mol. The van der Waals surface area contributed by atoms with Gasteiger partial charge in [-0.1, -0.05) is 12.0 Å². The number of carbonyl (C=O) groups is 4. The quantitative estimate of drug-likeness (QED) is 0.327. The number of hydrogen-bond acceptors (Lipinski definition) is 6. The first-order valence-corrected chi connectivity index (χ1v) is 11.9. The van der Waals surface area contributed by atoms with Gasteiger partial charge in [0, 0.05) is 32.7 Å². The average Bonchev–Trinajstić information content (AvgIpc) is 2.74. The number of terminal acetylenes is 1. The molecule has 0 spiro atoms. The van der Waals surface area contributed by atoms with Gasteiger partial charge in [-0.3, -0.25) is 14.4 Å². The number of hydrogen-bond donors (Lipinski definition) is 1. The number of rotatable bonds is 8.